The van der Waals surface area contributed by atoms with Crippen LogP contribution in [0.4, 0.5) is 0 Å². The van der Waals surface area contributed by atoms with E-state index in [4.69, 9.17) is 10.00 Å². The van der Waals surface area contributed by atoms with Gasteiger partial charge < -0.3 is 10.1 Å². The van der Waals surface area contributed by atoms with E-state index in [-0.39, 0.29) is 11.6 Å². The molecule has 1 aliphatic rings. The topological polar surface area (TPSA) is 45.0 Å². The second-order valence-electron chi connectivity index (χ2n) is 4.22. The highest BCUT2D eigenvalue weighted by Gasteiger charge is 2.35. The van der Waals surface area contributed by atoms with E-state index in [2.05, 4.69) is 25.2 Å². The van der Waals surface area contributed by atoms with Crippen LogP contribution in [0.3, 0.4) is 0 Å². The lowest BCUT2D eigenvalue weighted by molar-refractivity contribution is 0.0200. The summed E-state index contributed by atoms with van der Waals surface area (Å²) in [5.41, 5.74) is -0.0796. The summed E-state index contributed by atoms with van der Waals surface area (Å²) in [5, 5.41) is 11.9. The summed E-state index contributed by atoms with van der Waals surface area (Å²) in [6, 6.07) is 2.81. The molecule has 0 amide bonds. The normalized spacial score (nSPS) is 28.3. The van der Waals surface area contributed by atoms with E-state index in [1.54, 1.807) is 0 Å². The van der Waals surface area contributed by atoms with Gasteiger partial charge in [-0.3, -0.25) is 0 Å². The van der Waals surface area contributed by atoms with E-state index in [0.29, 0.717) is 12.5 Å². The molecule has 1 heterocycles. The molecule has 0 aliphatic carbocycles. The molecule has 0 aromatic carbocycles. The molecule has 0 saturated carbocycles. The number of nitriles is 1. The van der Waals surface area contributed by atoms with Gasteiger partial charge in [0.25, 0.3) is 0 Å². The summed E-state index contributed by atoms with van der Waals surface area (Å²) < 4.78 is 5.59. The zero-order valence-electron chi connectivity index (χ0n) is 8.63. The van der Waals surface area contributed by atoms with Gasteiger partial charge in [0.2, 0.25) is 0 Å². The monoisotopic (exact) mass is 182 g/mol. The lowest BCUT2D eigenvalue weighted by atomic mass is 9.98. The first-order valence-electron chi connectivity index (χ1n) is 4.83. The minimum Gasteiger partial charge on any atom is -0.374 e. The fourth-order valence-electron chi connectivity index (χ4n) is 1.71. The third kappa shape index (κ3) is 2.68. The van der Waals surface area contributed by atoms with Crippen molar-refractivity contribution in [1.82, 2.24) is 5.32 Å². The van der Waals surface area contributed by atoms with Crippen molar-refractivity contribution < 1.29 is 4.74 Å². The zero-order valence-corrected chi connectivity index (χ0v) is 8.63. The first-order chi connectivity index (χ1) is 6.06. The van der Waals surface area contributed by atoms with Gasteiger partial charge in [0.15, 0.2) is 0 Å². The Balaban J connectivity index is 2.41. The van der Waals surface area contributed by atoms with Gasteiger partial charge in [-0.1, -0.05) is 0 Å². The van der Waals surface area contributed by atoms with Crippen molar-refractivity contribution in [2.45, 2.75) is 51.3 Å². The Bertz CT molecular complexity index is 207. The van der Waals surface area contributed by atoms with Crippen LogP contribution in [-0.2, 0) is 4.74 Å². The molecule has 1 saturated heterocycles. The summed E-state index contributed by atoms with van der Waals surface area (Å²) in [6.45, 7) is 7.05. The molecule has 3 heteroatoms. The molecule has 1 aliphatic heterocycles. The Morgan fingerprint density at radius 1 is 1.69 bits per heavy atom. The van der Waals surface area contributed by atoms with Crippen LogP contribution in [0.5, 0.6) is 0 Å². The van der Waals surface area contributed by atoms with E-state index in [1.165, 1.54) is 0 Å². The predicted molar refractivity (Wildman–Crippen MR) is 51.3 cm³/mol. The summed E-state index contributed by atoms with van der Waals surface area (Å²) in [4.78, 5) is 0. The molecule has 1 rings (SSSR count). The van der Waals surface area contributed by atoms with Gasteiger partial charge in [-0.25, -0.2) is 0 Å². The Labute approximate surface area is 80.1 Å². The van der Waals surface area contributed by atoms with Crippen molar-refractivity contribution in [2.75, 3.05) is 6.61 Å². The maximum absolute atomic E-state index is 8.52. The highest BCUT2D eigenvalue weighted by atomic mass is 16.5. The number of nitrogens with one attached hydrogen (secondary N) is 1. The minimum absolute atomic E-state index is 0.0796. The minimum atomic E-state index is -0.0796. The molecule has 13 heavy (non-hydrogen) atoms. The molecular weight excluding hydrogens is 164 g/mol. The Hall–Kier alpha value is -0.590. The summed E-state index contributed by atoms with van der Waals surface area (Å²) >= 11 is 0. The van der Waals surface area contributed by atoms with Crippen molar-refractivity contribution in [3.05, 3.63) is 0 Å². The predicted octanol–water partition coefficient (Wildman–Crippen LogP) is 1.45. The van der Waals surface area contributed by atoms with E-state index in [9.17, 15) is 0 Å². The summed E-state index contributed by atoms with van der Waals surface area (Å²) in [6.07, 6.45) is 1.61. The molecule has 1 fully saturated rings. The van der Waals surface area contributed by atoms with Crippen LogP contribution in [0.1, 0.15) is 33.6 Å². The van der Waals surface area contributed by atoms with Gasteiger partial charge in [0.1, 0.15) is 0 Å². The number of hydrogen-bond acceptors (Lipinski definition) is 3. The van der Waals surface area contributed by atoms with Crippen molar-refractivity contribution in [1.29, 1.82) is 5.26 Å². The van der Waals surface area contributed by atoms with E-state index < -0.39 is 0 Å². The van der Waals surface area contributed by atoms with Gasteiger partial charge in [-0.15, -0.1) is 0 Å². The third-order valence-electron chi connectivity index (χ3n) is 2.60. The maximum atomic E-state index is 8.52. The van der Waals surface area contributed by atoms with Crippen LogP contribution in [-0.4, -0.2) is 24.3 Å². The maximum Gasteiger partial charge on any atom is 0.0779 e. The molecule has 0 aromatic heterocycles. The molecule has 0 aromatic rings. The van der Waals surface area contributed by atoms with E-state index >= 15 is 0 Å². The largest absolute Gasteiger partial charge is 0.374 e. The molecule has 2 atom stereocenters. The average molecular weight is 182 g/mol. The van der Waals surface area contributed by atoms with Crippen molar-refractivity contribution in [3.63, 3.8) is 0 Å². The Kier molecular flexibility index (Phi) is 3.29. The number of nitrogens with zero attached hydrogens (tertiary/aromatic N) is 1. The molecule has 74 valence electrons. The van der Waals surface area contributed by atoms with Crippen molar-refractivity contribution in [3.8, 4) is 6.07 Å². The molecule has 3 nitrogen and oxygen atoms in total. The fraction of sp³-hybridized carbons (Fsp3) is 0.900. The van der Waals surface area contributed by atoms with Gasteiger partial charge in [-0.05, 0) is 27.2 Å². The van der Waals surface area contributed by atoms with Gasteiger partial charge in [0.05, 0.1) is 18.1 Å². The van der Waals surface area contributed by atoms with Crippen LogP contribution in [0, 0.1) is 11.3 Å². The quantitative estimate of drug-likeness (QED) is 0.718. The number of rotatable bonds is 3. The summed E-state index contributed by atoms with van der Waals surface area (Å²) in [7, 11) is 0. The van der Waals surface area contributed by atoms with Crippen LogP contribution in [0.2, 0.25) is 0 Å². The zero-order chi connectivity index (χ0) is 9.90. The first kappa shape index (κ1) is 10.5. The second-order valence-corrected chi connectivity index (χ2v) is 4.22. The second kappa shape index (κ2) is 4.08. The van der Waals surface area contributed by atoms with Crippen molar-refractivity contribution in [2.24, 2.45) is 0 Å². The van der Waals surface area contributed by atoms with Gasteiger partial charge >= 0.3 is 0 Å². The Morgan fingerprint density at radius 2 is 2.38 bits per heavy atom. The Morgan fingerprint density at radius 3 is 2.85 bits per heavy atom. The highest BCUT2D eigenvalue weighted by Crippen LogP contribution is 2.25. The third-order valence-corrected chi connectivity index (χ3v) is 2.60. The molecule has 2 unspecified atom stereocenters. The van der Waals surface area contributed by atoms with Crippen LogP contribution < -0.4 is 5.32 Å². The SMILES string of the molecule is CC(CC#N)NC1CCOC1(C)C. The van der Waals surface area contributed by atoms with Gasteiger partial charge in [-0.2, -0.15) is 5.26 Å². The summed E-state index contributed by atoms with van der Waals surface area (Å²) in [5.74, 6) is 0. The fourth-order valence-corrected chi connectivity index (χ4v) is 1.71. The highest BCUT2D eigenvalue weighted by molar-refractivity contribution is 4.93. The molecule has 1 N–H and O–H groups in total. The molecule has 0 bridgehead atoms. The lowest BCUT2D eigenvalue weighted by Crippen LogP contribution is -2.47. The van der Waals surface area contributed by atoms with Gasteiger partial charge in [0, 0.05) is 18.7 Å². The van der Waals surface area contributed by atoms with Crippen molar-refractivity contribution >= 4 is 0 Å². The van der Waals surface area contributed by atoms with E-state index in [0.717, 1.165) is 13.0 Å². The first-order valence-corrected chi connectivity index (χ1v) is 4.83. The standard InChI is InChI=1S/C10H18N2O/c1-8(4-6-11)12-9-5-7-13-10(9,2)3/h8-9,12H,4-5,7H2,1-3H3. The lowest BCUT2D eigenvalue weighted by Gasteiger charge is -2.28. The number of hydrogen-bond donors (Lipinski definition) is 1. The number of ether oxygens (including phenoxy) is 1. The smallest absolute Gasteiger partial charge is 0.0779 e. The molecule has 0 spiro atoms. The van der Waals surface area contributed by atoms with Crippen LogP contribution >= 0.6 is 0 Å². The van der Waals surface area contributed by atoms with Crippen LogP contribution in [0.25, 0.3) is 0 Å². The average Bonchev–Trinajstić information content (AvgIpc) is 2.31. The van der Waals surface area contributed by atoms with E-state index in [1.807, 2.05) is 6.92 Å². The molecule has 0 radical (unpaired) electrons. The molecular formula is C10H18N2O. The van der Waals surface area contributed by atoms with Crippen LogP contribution in [0.15, 0.2) is 0 Å².